The molecule has 1 aliphatic rings. The first-order valence-electron chi connectivity index (χ1n) is 9.75. The molecule has 30 heavy (non-hydrogen) atoms. The second-order valence-electron chi connectivity index (χ2n) is 6.87. The van der Waals surface area contributed by atoms with Crippen LogP contribution in [0.1, 0.15) is 41.6 Å². The van der Waals surface area contributed by atoms with E-state index in [1.54, 1.807) is 0 Å². The van der Waals surface area contributed by atoms with Crippen LogP contribution in [0, 0.1) is 0 Å². The van der Waals surface area contributed by atoms with E-state index < -0.39 is 11.9 Å². The average molecular weight is 440 g/mol. The second kappa shape index (κ2) is 9.92. The van der Waals surface area contributed by atoms with E-state index in [2.05, 4.69) is 20.6 Å². The summed E-state index contributed by atoms with van der Waals surface area (Å²) in [5.74, 6) is 0.597. The number of carbonyl (C=O) groups excluding carboxylic acids is 1. The maximum Gasteiger partial charge on any atom is 0.434 e. The van der Waals surface area contributed by atoms with Gasteiger partial charge in [-0.25, -0.2) is 9.98 Å². The van der Waals surface area contributed by atoms with Crippen LogP contribution in [0.4, 0.5) is 13.2 Å². The summed E-state index contributed by atoms with van der Waals surface area (Å²) in [6, 6.07) is 8.05. The molecule has 0 bridgehead atoms. The molecule has 10 heteroatoms. The lowest BCUT2D eigenvalue weighted by Gasteiger charge is -2.16. The van der Waals surface area contributed by atoms with Gasteiger partial charge < -0.3 is 15.5 Å². The second-order valence-corrected chi connectivity index (χ2v) is 7.81. The minimum Gasteiger partial charge on any atom is -0.357 e. The summed E-state index contributed by atoms with van der Waals surface area (Å²) in [6.07, 6.45) is -3.39. The molecule has 0 aliphatic carbocycles. The molecule has 3 rings (SSSR count). The molecule has 0 saturated carbocycles. The fourth-order valence-electron chi connectivity index (χ4n) is 3.12. The van der Waals surface area contributed by atoms with Crippen LogP contribution in [0.15, 0.2) is 34.6 Å². The van der Waals surface area contributed by atoms with Crippen molar-refractivity contribution >= 4 is 23.2 Å². The van der Waals surface area contributed by atoms with Crippen LogP contribution in [-0.4, -0.2) is 34.8 Å². The number of rotatable bonds is 7. The van der Waals surface area contributed by atoms with E-state index in [9.17, 15) is 18.0 Å². The molecule has 0 saturated heterocycles. The van der Waals surface area contributed by atoms with Crippen LogP contribution in [-0.2, 0) is 30.6 Å². The zero-order valence-electron chi connectivity index (χ0n) is 16.6. The van der Waals surface area contributed by atoms with Gasteiger partial charge in [0.2, 0.25) is 5.91 Å². The monoisotopic (exact) mass is 439 g/mol. The van der Waals surface area contributed by atoms with E-state index in [0.29, 0.717) is 50.0 Å². The Morgan fingerprint density at radius 3 is 2.53 bits per heavy atom. The van der Waals surface area contributed by atoms with E-state index in [1.165, 1.54) is 11.1 Å². The summed E-state index contributed by atoms with van der Waals surface area (Å²) in [5.41, 5.74) is 1.50. The molecule has 0 atom stereocenters. The number of nitrogens with one attached hydrogen (secondary N) is 2. The highest BCUT2D eigenvalue weighted by Gasteiger charge is 2.33. The molecule has 1 aliphatic heterocycles. The third-order valence-corrected chi connectivity index (χ3v) is 5.45. The van der Waals surface area contributed by atoms with Crippen molar-refractivity contribution in [2.24, 2.45) is 4.99 Å². The lowest BCUT2D eigenvalue weighted by Crippen LogP contribution is -2.38. The van der Waals surface area contributed by atoms with Gasteiger partial charge in [-0.2, -0.15) is 13.2 Å². The lowest BCUT2D eigenvalue weighted by molar-refractivity contribution is -0.140. The summed E-state index contributed by atoms with van der Waals surface area (Å²) < 4.78 is 37.9. The number of nitrogens with zero attached hydrogens (tertiary/aromatic N) is 3. The number of amides is 1. The van der Waals surface area contributed by atoms with Gasteiger partial charge in [0.25, 0.3) is 0 Å². The minimum absolute atomic E-state index is 0.0566. The predicted octanol–water partition coefficient (Wildman–Crippen LogP) is 3.54. The Morgan fingerprint density at radius 1 is 1.23 bits per heavy atom. The highest BCUT2D eigenvalue weighted by atomic mass is 32.1. The largest absolute Gasteiger partial charge is 0.434 e. The minimum atomic E-state index is -4.44. The molecule has 1 aromatic carbocycles. The van der Waals surface area contributed by atoms with Crippen LogP contribution in [0.3, 0.4) is 0 Å². The Balaban J connectivity index is 1.43. The standard InChI is InChI=1S/C20H24F3N5OS/c1-2-24-19(26-10-17-27-16(13-30-17)20(21,22)23)25-9-5-8-18(29)28-11-14-6-3-4-7-15(14)12-28/h3-4,6-7,13H,2,5,8-12H2,1H3,(H2,24,25,26). The van der Waals surface area contributed by atoms with Crippen molar-refractivity contribution < 1.29 is 18.0 Å². The first-order chi connectivity index (χ1) is 14.4. The fourth-order valence-corrected chi connectivity index (χ4v) is 3.84. The number of guanidine groups is 1. The molecule has 162 valence electrons. The predicted molar refractivity (Wildman–Crippen MR) is 110 cm³/mol. The van der Waals surface area contributed by atoms with E-state index in [-0.39, 0.29) is 12.5 Å². The van der Waals surface area contributed by atoms with Crippen molar-refractivity contribution in [1.82, 2.24) is 20.5 Å². The summed E-state index contributed by atoms with van der Waals surface area (Å²) in [4.78, 5) is 22.1. The number of halogens is 3. The SMILES string of the molecule is CCNC(=NCc1nc(C(F)(F)F)cs1)NCCCC(=O)N1Cc2ccccc2C1. The molecular weight excluding hydrogens is 415 g/mol. The number of fused-ring (bicyclic) bond motifs is 1. The van der Waals surface area contributed by atoms with Gasteiger partial charge >= 0.3 is 6.18 Å². The van der Waals surface area contributed by atoms with Gasteiger partial charge in [-0.05, 0) is 24.5 Å². The average Bonchev–Trinajstić information content (AvgIpc) is 3.35. The molecule has 1 aromatic heterocycles. The van der Waals surface area contributed by atoms with Crippen molar-refractivity contribution in [3.8, 4) is 0 Å². The molecule has 0 spiro atoms. The smallest absolute Gasteiger partial charge is 0.357 e. The van der Waals surface area contributed by atoms with E-state index in [4.69, 9.17) is 0 Å². The van der Waals surface area contributed by atoms with Crippen LogP contribution in [0.25, 0.3) is 0 Å². The topological polar surface area (TPSA) is 69.6 Å². The van der Waals surface area contributed by atoms with Gasteiger partial charge in [0.05, 0.1) is 6.54 Å². The maximum atomic E-state index is 12.6. The number of thiazole rings is 1. The van der Waals surface area contributed by atoms with E-state index in [1.807, 2.05) is 36.1 Å². The van der Waals surface area contributed by atoms with Crippen molar-refractivity contribution in [1.29, 1.82) is 0 Å². The molecule has 2 aromatic rings. The van der Waals surface area contributed by atoms with Gasteiger partial charge in [0.1, 0.15) is 5.01 Å². The zero-order chi connectivity index (χ0) is 21.6. The molecule has 6 nitrogen and oxygen atoms in total. The molecular formula is C20H24F3N5OS. The number of hydrogen-bond acceptors (Lipinski definition) is 4. The molecule has 0 unspecified atom stereocenters. The maximum absolute atomic E-state index is 12.6. The van der Waals surface area contributed by atoms with Gasteiger partial charge in [-0.15, -0.1) is 11.3 Å². The zero-order valence-corrected chi connectivity index (χ0v) is 17.4. The lowest BCUT2D eigenvalue weighted by atomic mass is 10.1. The number of aliphatic imine (C=N–C) groups is 1. The quantitative estimate of drug-likeness (QED) is 0.393. The van der Waals surface area contributed by atoms with Gasteiger partial charge in [0, 0.05) is 38.0 Å². The molecule has 1 amide bonds. The van der Waals surface area contributed by atoms with Crippen LogP contribution in [0.5, 0.6) is 0 Å². The third-order valence-electron chi connectivity index (χ3n) is 4.61. The number of alkyl halides is 3. The van der Waals surface area contributed by atoms with Gasteiger partial charge in [-0.3, -0.25) is 4.79 Å². The van der Waals surface area contributed by atoms with E-state index >= 15 is 0 Å². The number of benzene rings is 1. The van der Waals surface area contributed by atoms with E-state index in [0.717, 1.165) is 16.7 Å². The Bertz CT molecular complexity index is 872. The van der Waals surface area contributed by atoms with Crippen LogP contribution < -0.4 is 10.6 Å². The molecule has 0 fully saturated rings. The Morgan fingerprint density at radius 2 is 1.93 bits per heavy atom. The van der Waals surface area contributed by atoms with Crippen molar-refractivity contribution in [3.05, 3.63) is 51.5 Å². The van der Waals surface area contributed by atoms with Gasteiger partial charge in [0.15, 0.2) is 11.7 Å². The summed E-state index contributed by atoms with van der Waals surface area (Å²) in [7, 11) is 0. The highest BCUT2D eigenvalue weighted by Crippen LogP contribution is 2.30. The summed E-state index contributed by atoms with van der Waals surface area (Å²) >= 11 is 0.934. The highest BCUT2D eigenvalue weighted by molar-refractivity contribution is 7.09. The Kier molecular flexibility index (Phi) is 7.30. The first-order valence-corrected chi connectivity index (χ1v) is 10.6. The Hall–Kier alpha value is -2.62. The third kappa shape index (κ3) is 5.94. The number of carbonyl (C=O) groups is 1. The van der Waals surface area contributed by atoms with Crippen molar-refractivity contribution in [3.63, 3.8) is 0 Å². The Labute approximate surface area is 177 Å². The van der Waals surface area contributed by atoms with Crippen LogP contribution >= 0.6 is 11.3 Å². The van der Waals surface area contributed by atoms with Crippen molar-refractivity contribution in [2.75, 3.05) is 13.1 Å². The fraction of sp³-hybridized carbons (Fsp3) is 0.450. The van der Waals surface area contributed by atoms with Crippen molar-refractivity contribution in [2.45, 2.75) is 45.6 Å². The number of hydrogen-bond donors (Lipinski definition) is 2. The molecule has 2 N–H and O–H groups in total. The summed E-state index contributed by atoms with van der Waals surface area (Å²) in [6.45, 7) is 4.41. The van der Waals surface area contributed by atoms with Gasteiger partial charge in [-0.1, -0.05) is 24.3 Å². The number of aromatic nitrogens is 1. The molecule has 2 heterocycles. The summed E-state index contributed by atoms with van der Waals surface area (Å²) in [5, 5.41) is 7.45. The van der Waals surface area contributed by atoms with Crippen LogP contribution in [0.2, 0.25) is 0 Å². The molecule has 0 radical (unpaired) electrons. The normalized spacial score (nSPS) is 14.0. The first kappa shape index (κ1) is 22.1.